The summed E-state index contributed by atoms with van der Waals surface area (Å²) in [5, 5.41) is 10.4. The molecule has 3 aliphatic rings. The Balaban J connectivity index is 1.26. The summed E-state index contributed by atoms with van der Waals surface area (Å²) in [6, 6.07) is 4.20. The van der Waals surface area contributed by atoms with E-state index in [4.69, 9.17) is 0 Å². The Morgan fingerprint density at radius 2 is 1.44 bits per heavy atom. The second-order valence-electron chi connectivity index (χ2n) is 8.45. The number of likely N-dealkylation sites (tertiary alicyclic amines) is 1. The van der Waals surface area contributed by atoms with Gasteiger partial charge < -0.3 is 10.0 Å². The van der Waals surface area contributed by atoms with Crippen LogP contribution in [0, 0.1) is 0 Å². The molecule has 2 fully saturated rings. The normalized spacial score (nSPS) is 21.9. The molecule has 1 amide bonds. The number of phenolic OH excluding ortho intramolecular Hbond substituents is 1. The molecule has 0 aromatic heterocycles. The highest BCUT2D eigenvalue weighted by Gasteiger charge is 2.23. The molecular weight excluding hydrogens is 338 g/mol. The van der Waals surface area contributed by atoms with Crippen LogP contribution in [-0.2, 0) is 24.2 Å². The van der Waals surface area contributed by atoms with Gasteiger partial charge in [-0.1, -0.05) is 18.9 Å². The lowest BCUT2D eigenvalue weighted by Crippen LogP contribution is -2.49. The van der Waals surface area contributed by atoms with E-state index in [1.807, 2.05) is 6.07 Å². The van der Waals surface area contributed by atoms with Gasteiger partial charge in [0, 0.05) is 51.4 Å². The minimum atomic E-state index is 0.307. The topological polar surface area (TPSA) is 47.0 Å². The minimum absolute atomic E-state index is 0.307. The first kappa shape index (κ1) is 18.8. The smallest absolute Gasteiger partial charge is 0.236 e. The highest BCUT2D eigenvalue weighted by Crippen LogP contribution is 2.30. The van der Waals surface area contributed by atoms with Crippen LogP contribution in [0.3, 0.4) is 0 Å². The van der Waals surface area contributed by atoms with E-state index in [1.165, 1.54) is 30.4 Å². The van der Waals surface area contributed by atoms with Crippen LogP contribution in [0.1, 0.15) is 48.8 Å². The summed E-state index contributed by atoms with van der Waals surface area (Å²) < 4.78 is 0. The number of piperazine rings is 1. The van der Waals surface area contributed by atoms with Gasteiger partial charge in [-0.3, -0.25) is 14.6 Å². The predicted octanol–water partition coefficient (Wildman–Crippen LogP) is 2.40. The van der Waals surface area contributed by atoms with Crippen LogP contribution >= 0.6 is 0 Å². The lowest BCUT2D eigenvalue weighted by molar-refractivity contribution is -0.132. The molecule has 0 radical (unpaired) electrons. The Labute approximate surface area is 162 Å². The van der Waals surface area contributed by atoms with Gasteiger partial charge in [0.25, 0.3) is 0 Å². The molecule has 27 heavy (non-hydrogen) atoms. The van der Waals surface area contributed by atoms with E-state index in [2.05, 4.69) is 20.8 Å². The van der Waals surface area contributed by atoms with Gasteiger partial charge in [0.05, 0.1) is 6.54 Å². The number of rotatable bonds is 4. The van der Waals surface area contributed by atoms with Crippen molar-refractivity contribution in [2.75, 3.05) is 45.8 Å². The molecular formula is C22H33N3O2. The van der Waals surface area contributed by atoms with Crippen molar-refractivity contribution < 1.29 is 9.90 Å². The molecule has 1 aromatic rings. The van der Waals surface area contributed by atoms with Crippen molar-refractivity contribution in [1.82, 2.24) is 14.7 Å². The van der Waals surface area contributed by atoms with E-state index < -0.39 is 0 Å². The van der Waals surface area contributed by atoms with Gasteiger partial charge in [-0.15, -0.1) is 0 Å². The van der Waals surface area contributed by atoms with Gasteiger partial charge in [-0.25, -0.2) is 0 Å². The third-order valence-electron chi connectivity index (χ3n) is 6.47. The molecule has 0 atom stereocenters. The maximum absolute atomic E-state index is 12.6. The molecule has 0 saturated carbocycles. The molecule has 0 unspecified atom stereocenters. The van der Waals surface area contributed by atoms with Crippen molar-refractivity contribution in [2.24, 2.45) is 0 Å². The largest absolute Gasteiger partial charge is 0.508 e. The number of amides is 1. The number of nitrogens with zero attached hydrogens (tertiary/aromatic N) is 3. The predicted molar refractivity (Wildman–Crippen MR) is 107 cm³/mol. The van der Waals surface area contributed by atoms with Crippen molar-refractivity contribution >= 4 is 5.91 Å². The lowest BCUT2D eigenvalue weighted by Gasteiger charge is -2.35. The number of carbonyl (C=O) groups excluding carboxylic acids is 1. The summed E-state index contributed by atoms with van der Waals surface area (Å²) >= 11 is 0. The van der Waals surface area contributed by atoms with Gasteiger partial charge in [0.15, 0.2) is 0 Å². The number of carbonyl (C=O) groups is 1. The number of aromatic hydroxyl groups is 1. The second kappa shape index (κ2) is 8.61. The van der Waals surface area contributed by atoms with Gasteiger partial charge in [0.2, 0.25) is 5.91 Å². The average molecular weight is 372 g/mol. The molecule has 2 saturated heterocycles. The first-order valence-corrected chi connectivity index (χ1v) is 10.8. The van der Waals surface area contributed by atoms with E-state index in [9.17, 15) is 9.90 Å². The summed E-state index contributed by atoms with van der Waals surface area (Å²) in [4.78, 5) is 19.4. The van der Waals surface area contributed by atoms with Crippen molar-refractivity contribution in [1.29, 1.82) is 0 Å². The quantitative estimate of drug-likeness (QED) is 0.883. The molecule has 2 aliphatic heterocycles. The molecule has 0 bridgehead atoms. The summed E-state index contributed by atoms with van der Waals surface area (Å²) in [7, 11) is 0. The van der Waals surface area contributed by atoms with Crippen LogP contribution in [0.2, 0.25) is 0 Å². The Hall–Kier alpha value is -1.59. The van der Waals surface area contributed by atoms with E-state index in [0.29, 0.717) is 18.2 Å². The van der Waals surface area contributed by atoms with E-state index in [0.717, 1.165) is 77.1 Å². The molecule has 0 spiro atoms. The average Bonchev–Trinajstić information content (AvgIpc) is 2.94. The second-order valence-corrected chi connectivity index (χ2v) is 8.45. The van der Waals surface area contributed by atoms with Crippen molar-refractivity contribution in [3.05, 3.63) is 28.8 Å². The zero-order valence-electron chi connectivity index (χ0n) is 16.5. The fourth-order valence-electron chi connectivity index (χ4n) is 4.75. The molecule has 148 valence electrons. The third-order valence-corrected chi connectivity index (χ3v) is 6.47. The first-order chi connectivity index (χ1) is 13.2. The number of aryl methyl sites for hydroxylation is 2. The summed E-state index contributed by atoms with van der Waals surface area (Å²) in [6.45, 7) is 7.06. The molecule has 1 aliphatic carbocycles. The van der Waals surface area contributed by atoms with Crippen LogP contribution in [0.25, 0.3) is 0 Å². The highest BCUT2D eigenvalue weighted by atomic mass is 16.3. The first-order valence-electron chi connectivity index (χ1n) is 10.8. The zero-order chi connectivity index (χ0) is 18.6. The number of fused-ring (bicyclic) bond motifs is 1. The number of benzene rings is 1. The number of hydrogen-bond acceptors (Lipinski definition) is 4. The van der Waals surface area contributed by atoms with Crippen molar-refractivity contribution in [2.45, 2.75) is 51.5 Å². The van der Waals surface area contributed by atoms with E-state index >= 15 is 0 Å². The monoisotopic (exact) mass is 371 g/mol. The molecule has 1 aromatic carbocycles. The molecule has 2 heterocycles. The van der Waals surface area contributed by atoms with Crippen LogP contribution in [0.4, 0.5) is 0 Å². The van der Waals surface area contributed by atoms with Crippen LogP contribution in [0.15, 0.2) is 12.1 Å². The van der Waals surface area contributed by atoms with Crippen LogP contribution in [-0.4, -0.2) is 71.5 Å². The summed E-state index contributed by atoms with van der Waals surface area (Å²) in [5.74, 6) is 0.760. The fraction of sp³-hybridized carbons (Fsp3) is 0.682. The standard InChI is InChI=1S/C22H33N3O2/c26-21-15-19-7-5-6-18(19)14-20(21)16-23-10-12-24(13-11-23)17-22(27)25-8-3-1-2-4-9-25/h14-15,26H,1-13,16-17H2. The van der Waals surface area contributed by atoms with Crippen molar-refractivity contribution in [3.8, 4) is 5.75 Å². The van der Waals surface area contributed by atoms with Gasteiger partial charge in [-0.05, 0) is 49.3 Å². The van der Waals surface area contributed by atoms with Crippen LogP contribution < -0.4 is 0 Å². The Morgan fingerprint density at radius 1 is 0.815 bits per heavy atom. The summed E-state index contributed by atoms with van der Waals surface area (Å²) in [6.07, 6.45) is 8.30. The Morgan fingerprint density at radius 3 is 2.15 bits per heavy atom. The molecule has 1 N–H and O–H groups in total. The molecule has 5 nitrogen and oxygen atoms in total. The Bertz CT molecular complexity index is 660. The minimum Gasteiger partial charge on any atom is -0.508 e. The van der Waals surface area contributed by atoms with Gasteiger partial charge in [-0.2, -0.15) is 0 Å². The van der Waals surface area contributed by atoms with E-state index in [-0.39, 0.29) is 0 Å². The maximum Gasteiger partial charge on any atom is 0.236 e. The summed E-state index contributed by atoms with van der Waals surface area (Å²) in [5.41, 5.74) is 3.81. The lowest BCUT2D eigenvalue weighted by atomic mass is 10.0. The maximum atomic E-state index is 12.6. The van der Waals surface area contributed by atoms with Gasteiger partial charge in [0.1, 0.15) is 5.75 Å². The SMILES string of the molecule is O=C(CN1CCN(Cc2cc3c(cc2O)CCC3)CC1)N1CCCCCC1. The molecule has 5 heteroatoms. The number of phenols is 1. The van der Waals surface area contributed by atoms with Gasteiger partial charge >= 0.3 is 0 Å². The molecule has 4 rings (SSSR count). The van der Waals surface area contributed by atoms with Crippen LogP contribution in [0.5, 0.6) is 5.75 Å². The number of hydrogen-bond donors (Lipinski definition) is 1. The third kappa shape index (κ3) is 4.64. The van der Waals surface area contributed by atoms with E-state index in [1.54, 1.807) is 0 Å². The fourth-order valence-corrected chi connectivity index (χ4v) is 4.75. The Kier molecular flexibility index (Phi) is 5.98. The zero-order valence-corrected chi connectivity index (χ0v) is 16.5. The highest BCUT2D eigenvalue weighted by molar-refractivity contribution is 5.78. The van der Waals surface area contributed by atoms with Crippen molar-refractivity contribution in [3.63, 3.8) is 0 Å².